The summed E-state index contributed by atoms with van der Waals surface area (Å²) in [7, 11) is -3.14. The lowest BCUT2D eigenvalue weighted by Crippen LogP contribution is -2.14. The Morgan fingerprint density at radius 1 is 1.25 bits per heavy atom. The van der Waals surface area contributed by atoms with Crippen LogP contribution < -0.4 is 5.32 Å². The molecule has 130 valence electrons. The van der Waals surface area contributed by atoms with E-state index in [0.29, 0.717) is 22.6 Å². The molecule has 0 aliphatic rings. The maximum atomic E-state index is 12.5. The Hall–Kier alpha value is -2.08. The molecule has 24 heavy (non-hydrogen) atoms. The SMILES string of the molecule is Cc1oc(C(C)C)cc1C(=O)Nc1cccc(CS(C)(=O)=O)c1C. The molecule has 2 rings (SSSR count). The maximum Gasteiger partial charge on any atom is 0.259 e. The lowest BCUT2D eigenvalue weighted by Gasteiger charge is -2.12. The van der Waals surface area contributed by atoms with Crippen molar-refractivity contribution < 1.29 is 17.6 Å². The van der Waals surface area contributed by atoms with Gasteiger partial charge in [-0.1, -0.05) is 26.0 Å². The summed E-state index contributed by atoms with van der Waals surface area (Å²) >= 11 is 0. The molecule has 0 spiro atoms. The van der Waals surface area contributed by atoms with Crippen LogP contribution in [0.4, 0.5) is 5.69 Å². The molecule has 0 bridgehead atoms. The van der Waals surface area contributed by atoms with Gasteiger partial charge in [-0.3, -0.25) is 4.79 Å². The first-order valence-electron chi connectivity index (χ1n) is 7.76. The molecule has 1 heterocycles. The van der Waals surface area contributed by atoms with Crippen LogP contribution in [-0.4, -0.2) is 20.6 Å². The molecule has 1 amide bonds. The van der Waals surface area contributed by atoms with E-state index in [2.05, 4.69) is 5.32 Å². The fraction of sp³-hybridized carbons (Fsp3) is 0.389. The summed E-state index contributed by atoms with van der Waals surface area (Å²) in [6, 6.07) is 7.01. The molecular formula is C18H23NO4S. The molecule has 6 heteroatoms. The van der Waals surface area contributed by atoms with Crippen molar-refractivity contribution in [3.63, 3.8) is 0 Å². The van der Waals surface area contributed by atoms with Crippen LogP contribution in [0.5, 0.6) is 0 Å². The van der Waals surface area contributed by atoms with Crippen molar-refractivity contribution in [3.8, 4) is 0 Å². The van der Waals surface area contributed by atoms with E-state index in [1.165, 1.54) is 6.26 Å². The van der Waals surface area contributed by atoms with Crippen molar-refractivity contribution in [2.24, 2.45) is 0 Å². The van der Waals surface area contributed by atoms with E-state index in [4.69, 9.17) is 4.42 Å². The summed E-state index contributed by atoms with van der Waals surface area (Å²) < 4.78 is 28.7. The topological polar surface area (TPSA) is 76.4 Å². The van der Waals surface area contributed by atoms with Crippen LogP contribution in [-0.2, 0) is 15.6 Å². The first-order valence-corrected chi connectivity index (χ1v) is 9.82. The molecule has 0 saturated heterocycles. The van der Waals surface area contributed by atoms with E-state index in [1.807, 2.05) is 13.8 Å². The molecule has 2 aromatic rings. The number of amides is 1. The number of hydrogen-bond donors (Lipinski definition) is 1. The highest BCUT2D eigenvalue weighted by Gasteiger charge is 2.18. The van der Waals surface area contributed by atoms with Gasteiger partial charge in [-0.15, -0.1) is 0 Å². The number of carbonyl (C=O) groups is 1. The van der Waals surface area contributed by atoms with E-state index in [1.54, 1.807) is 38.1 Å². The number of hydrogen-bond acceptors (Lipinski definition) is 4. The number of anilines is 1. The van der Waals surface area contributed by atoms with Gasteiger partial charge in [-0.2, -0.15) is 0 Å². The molecule has 0 aliphatic carbocycles. The molecule has 0 radical (unpaired) electrons. The average Bonchev–Trinajstić information content (AvgIpc) is 2.84. The number of carbonyl (C=O) groups excluding carboxylic acids is 1. The summed E-state index contributed by atoms with van der Waals surface area (Å²) in [6.45, 7) is 7.56. The summed E-state index contributed by atoms with van der Waals surface area (Å²) in [5.74, 6) is 1.22. The average molecular weight is 349 g/mol. The third-order valence-corrected chi connectivity index (χ3v) is 4.70. The Balaban J connectivity index is 2.28. The monoisotopic (exact) mass is 349 g/mol. The van der Waals surface area contributed by atoms with Gasteiger partial charge >= 0.3 is 0 Å². The number of nitrogens with one attached hydrogen (secondary N) is 1. The number of benzene rings is 1. The van der Waals surface area contributed by atoms with Crippen molar-refractivity contribution >= 4 is 21.4 Å². The van der Waals surface area contributed by atoms with Crippen molar-refractivity contribution in [1.29, 1.82) is 0 Å². The van der Waals surface area contributed by atoms with Gasteiger partial charge in [-0.05, 0) is 37.1 Å². The third kappa shape index (κ3) is 4.26. The lowest BCUT2D eigenvalue weighted by atomic mass is 10.1. The normalized spacial score (nSPS) is 11.8. The Labute approximate surface area is 143 Å². The standard InChI is InChI=1S/C18H23NO4S/c1-11(2)17-9-15(13(4)23-17)18(20)19-16-8-6-7-14(12(16)3)10-24(5,21)22/h6-9,11H,10H2,1-5H3,(H,19,20). The molecule has 0 aliphatic heterocycles. The summed E-state index contributed by atoms with van der Waals surface area (Å²) in [5.41, 5.74) is 2.53. The van der Waals surface area contributed by atoms with Gasteiger partial charge < -0.3 is 9.73 Å². The third-order valence-electron chi connectivity index (χ3n) is 3.86. The first kappa shape index (κ1) is 18.3. The predicted octanol–water partition coefficient (Wildman–Crippen LogP) is 3.82. The van der Waals surface area contributed by atoms with Crippen molar-refractivity contribution in [3.05, 3.63) is 52.5 Å². The molecule has 0 unspecified atom stereocenters. The minimum absolute atomic E-state index is 0.0508. The molecule has 0 fully saturated rings. The van der Waals surface area contributed by atoms with Crippen molar-refractivity contribution in [2.45, 2.75) is 39.4 Å². The van der Waals surface area contributed by atoms with Crippen LogP contribution in [0.25, 0.3) is 0 Å². The molecule has 1 N–H and O–H groups in total. The Bertz CT molecular complexity index is 863. The van der Waals surface area contributed by atoms with Crippen LogP contribution in [0.15, 0.2) is 28.7 Å². The Kier molecular flexibility index (Phi) is 5.18. The number of furan rings is 1. The largest absolute Gasteiger partial charge is 0.465 e. The van der Waals surface area contributed by atoms with E-state index >= 15 is 0 Å². The van der Waals surface area contributed by atoms with Crippen LogP contribution in [0.2, 0.25) is 0 Å². The second kappa shape index (κ2) is 6.81. The zero-order valence-corrected chi connectivity index (χ0v) is 15.5. The second-order valence-corrected chi connectivity index (χ2v) is 8.53. The molecular weight excluding hydrogens is 326 g/mol. The van der Waals surface area contributed by atoms with Gasteiger partial charge in [0.05, 0.1) is 11.3 Å². The first-order chi connectivity index (χ1) is 11.1. The van der Waals surface area contributed by atoms with Crippen molar-refractivity contribution in [2.75, 3.05) is 11.6 Å². The van der Waals surface area contributed by atoms with E-state index in [9.17, 15) is 13.2 Å². The van der Waals surface area contributed by atoms with Gasteiger partial charge in [0.2, 0.25) is 0 Å². The lowest BCUT2D eigenvalue weighted by molar-refractivity contribution is 0.102. The quantitative estimate of drug-likeness (QED) is 0.890. The van der Waals surface area contributed by atoms with Gasteiger partial charge in [0, 0.05) is 17.9 Å². The van der Waals surface area contributed by atoms with Crippen LogP contribution in [0, 0.1) is 13.8 Å². The van der Waals surface area contributed by atoms with Crippen LogP contribution >= 0.6 is 0 Å². The zero-order valence-electron chi connectivity index (χ0n) is 14.6. The van der Waals surface area contributed by atoms with E-state index in [0.717, 1.165) is 11.3 Å². The molecule has 5 nitrogen and oxygen atoms in total. The molecule has 1 aromatic heterocycles. The number of sulfone groups is 1. The van der Waals surface area contributed by atoms with E-state index < -0.39 is 9.84 Å². The highest BCUT2D eigenvalue weighted by Crippen LogP contribution is 2.25. The maximum absolute atomic E-state index is 12.5. The van der Waals surface area contributed by atoms with Gasteiger partial charge in [0.25, 0.3) is 5.91 Å². The molecule has 0 atom stereocenters. The number of rotatable bonds is 5. The van der Waals surface area contributed by atoms with Gasteiger partial charge in [-0.25, -0.2) is 8.42 Å². The molecule has 1 aromatic carbocycles. The van der Waals surface area contributed by atoms with Gasteiger partial charge in [0.15, 0.2) is 9.84 Å². The van der Waals surface area contributed by atoms with E-state index in [-0.39, 0.29) is 17.6 Å². The van der Waals surface area contributed by atoms with Crippen molar-refractivity contribution in [1.82, 2.24) is 0 Å². The smallest absolute Gasteiger partial charge is 0.259 e. The second-order valence-electron chi connectivity index (χ2n) is 6.39. The van der Waals surface area contributed by atoms with Gasteiger partial charge in [0.1, 0.15) is 11.5 Å². The van der Waals surface area contributed by atoms with Crippen LogP contribution in [0.3, 0.4) is 0 Å². The summed E-state index contributed by atoms with van der Waals surface area (Å²) in [5, 5.41) is 2.85. The fourth-order valence-electron chi connectivity index (χ4n) is 2.46. The Morgan fingerprint density at radius 2 is 1.92 bits per heavy atom. The minimum Gasteiger partial charge on any atom is -0.465 e. The minimum atomic E-state index is -3.14. The Morgan fingerprint density at radius 3 is 2.46 bits per heavy atom. The fourth-order valence-corrected chi connectivity index (χ4v) is 3.34. The summed E-state index contributed by atoms with van der Waals surface area (Å²) in [6.07, 6.45) is 1.19. The molecule has 0 saturated carbocycles. The number of aryl methyl sites for hydroxylation is 1. The summed E-state index contributed by atoms with van der Waals surface area (Å²) in [4.78, 5) is 12.5. The zero-order chi connectivity index (χ0) is 18.1. The highest BCUT2D eigenvalue weighted by atomic mass is 32.2. The predicted molar refractivity (Wildman–Crippen MR) is 95.2 cm³/mol. The highest BCUT2D eigenvalue weighted by molar-refractivity contribution is 7.89. The van der Waals surface area contributed by atoms with Crippen LogP contribution in [0.1, 0.15) is 52.8 Å².